The molecule has 9 heteroatoms. The van der Waals surface area contributed by atoms with Gasteiger partial charge >= 0.3 is 0 Å². The molecule has 4 unspecified atom stereocenters. The molecule has 3 N–H and O–H groups in total. The Morgan fingerprint density at radius 2 is 1.77 bits per heavy atom. The number of likely N-dealkylation sites (tertiary alicyclic amines) is 1. The summed E-state index contributed by atoms with van der Waals surface area (Å²) in [6.45, 7) is 13.5. The van der Waals surface area contributed by atoms with Gasteiger partial charge in [0, 0.05) is 25.8 Å². The molecule has 2 heterocycles. The number of aromatic nitrogens is 1. The molecule has 0 aliphatic carbocycles. The summed E-state index contributed by atoms with van der Waals surface area (Å²) in [6.07, 6.45) is -0.0976. The number of carbonyl (C=O) groups excluding carboxylic acids is 3. The van der Waals surface area contributed by atoms with Crippen LogP contribution in [0.3, 0.4) is 0 Å². The number of benzene rings is 1. The molecule has 0 radical (unpaired) electrons. The van der Waals surface area contributed by atoms with Crippen LogP contribution in [0.2, 0.25) is 0 Å². The smallest absolute Gasteiger partial charge is 0.246 e. The van der Waals surface area contributed by atoms with E-state index >= 15 is 0 Å². The largest absolute Gasteiger partial charge is 0.391 e. The molecule has 214 valence electrons. The molecule has 4 atom stereocenters. The maximum atomic E-state index is 13.7. The minimum atomic E-state index is -0.812. The lowest BCUT2D eigenvalue weighted by Crippen LogP contribution is -2.57. The summed E-state index contributed by atoms with van der Waals surface area (Å²) >= 11 is 1.47. The third-order valence-electron chi connectivity index (χ3n) is 7.08. The van der Waals surface area contributed by atoms with Crippen molar-refractivity contribution in [3.8, 4) is 10.4 Å². The number of Topliss-reactive ketones (excluding diaryl/α,β-unsaturated/α-hetero) is 1. The zero-order chi connectivity index (χ0) is 29.1. The highest BCUT2D eigenvalue weighted by atomic mass is 32.1. The zero-order valence-electron chi connectivity index (χ0n) is 24.2. The van der Waals surface area contributed by atoms with Gasteiger partial charge in [-0.05, 0) is 27.9 Å². The van der Waals surface area contributed by atoms with Gasteiger partial charge in [-0.1, -0.05) is 72.7 Å². The zero-order valence-corrected chi connectivity index (χ0v) is 25.0. The Morgan fingerprint density at radius 1 is 1.13 bits per heavy atom. The number of thiazole rings is 1. The topological polar surface area (TPSA) is 120 Å². The molecule has 0 spiro atoms. The van der Waals surface area contributed by atoms with E-state index in [4.69, 9.17) is 0 Å². The molecular formula is C30H43N3O5S. The van der Waals surface area contributed by atoms with E-state index in [1.54, 1.807) is 5.51 Å². The van der Waals surface area contributed by atoms with Crippen LogP contribution in [0.5, 0.6) is 0 Å². The van der Waals surface area contributed by atoms with Crippen molar-refractivity contribution >= 4 is 28.9 Å². The van der Waals surface area contributed by atoms with Gasteiger partial charge in [0.1, 0.15) is 6.04 Å². The molecule has 1 saturated heterocycles. The number of aliphatic hydroxyl groups excluding tert-OH is 2. The first-order chi connectivity index (χ1) is 18.1. The second kappa shape index (κ2) is 12.3. The number of rotatable bonds is 9. The Balaban J connectivity index is 1.72. The molecule has 0 saturated carbocycles. The van der Waals surface area contributed by atoms with Gasteiger partial charge in [0.05, 0.1) is 34.8 Å². The lowest BCUT2D eigenvalue weighted by atomic mass is 9.84. The fourth-order valence-electron chi connectivity index (χ4n) is 5.01. The van der Waals surface area contributed by atoms with Crippen LogP contribution in [0.1, 0.15) is 84.9 Å². The van der Waals surface area contributed by atoms with Crippen LogP contribution in [0.4, 0.5) is 0 Å². The lowest BCUT2D eigenvalue weighted by Gasteiger charge is -2.36. The Labute approximate surface area is 235 Å². The Hall–Kier alpha value is -2.62. The molecule has 1 aromatic carbocycles. The molecular weight excluding hydrogens is 514 g/mol. The molecule has 2 aromatic rings. The highest BCUT2D eigenvalue weighted by Gasteiger charge is 2.44. The number of aliphatic hydroxyl groups is 2. The quantitative estimate of drug-likeness (QED) is 0.423. The normalized spacial score (nSPS) is 19.6. The minimum Gasteiger partial charge on any atom is -0.391 e. The first kappa shape index (κ1) is 30.9. The van der Waals surface area contributed by atoms with E-state index in [2.05, 4.69) is 10.3 Å². The van der Waals surface area contributed by atoms with E-state index in [1.807, 2.05) is 72.7 Å². The summed E-state index contributed by atoms with van der Waals surface area (Å²) in [5.41, 5.74) is 3.49. The van der Waals surface area contributed by atoms with Crippen LogP contribution < -0.4 is 5.32 Å². The number of β-amino-alcohol motifs (C(OH)–C–C–N with tert-alkyl or cyclic N) is 1. The Kier molecular flexibility index (Phi) is 9.73. The number of hydrogen-bond acceptors (Lipinski definition) is 7. The maximum absolute atomic E-state index is 13.7. The van der Waals surface area contributed by atoms with Crippen molar-refractivity contribution in [2.45, 2.75) is 98.4 Å². The van der Waals surface area contributed by atoms with E-state index in [-0.39, 0.29) is 61.3 Å². The van der Waals surface area contributed by atoms with Crippen LogP contribution >= 0.6 is 11.3 Å². The van der Waals surface area contributed by atoms with Crippen LogP contribution in [-0.4, -0.2) is 62.4 Å². The number of nitrogens with zero attached hydrogens (tertiary/aromatic N) is 2. The van der Waals surface area contributed by atoms with E-state index in [9.17, 15) is 24.6 Å². The fourth-order valence-corrected chi connectivity index (χ4v) is 5.82. The van der Waals surface area contributed by atoms with Gasteiger partial charge in [-0.15, -0.1) is 11.3 Å². The van der Waals surface area contributed by atoms with Crippen LogP contribution in [0.25, 0.3) is 10.4 Å². The van der Waals surface area contributed by atoms with Gasteiger partial charge in [-0.2, -0.15) is 0 Å². The van der Waals surface area contributed by atoms with Crippen molar-refractivity contribution in [3.05, 3.63) is 41.0 Å². The SMILES string of the molecule is CC(CC(=O)C1CC(O)CN1C(=O)C(NC(=O)CC(C)(C)C)C(C)(C)C)c1ccc(-c2scnc2CO)cc1. The van der Waals surface area contributed by atoms with Gasteiger partial charge in [-0.3, -0.25) is 14.4 Å². The molecule has 39 heavy (non-hydrogen) atoms. The van der Waals surface area contributed by atoms with E-state index in [0.717, 1.165) is 16.0 Å². The van der Waals surface area contributed by atoms with Gasteiger partial charge in [0.15, 0.2) is 5.78 Å². The Bertz CT molecular complexity index is 1160. The molecule has 1 aliphatic heterocycles. The van der Waals surface area contributed by atoms with E-state index < -0.39 is 23.6 Å². The summed E-state index contributed by atoms with van der Waals surface area (Å²) in [7, 11) is 0. The number of carbonyl (C=O) groups is 3. The number of nitrogens with one attached hydrogen (secondary N) is 1. The van der Waals surface area contributed by atoms with Crippen molar-refractivity contribution in [1.82, 2.24) is 15.2 Å². The molecule has 1 fully saturated rings. The average molecular weight is 558 g/mol. The van der Waals surface area contributed by atoms with Crippen LogP contribution in [0, 0.1) is 10.8 Å². The summed E-state index contributed by atoms with van der Waals surface area (Å²) in [4.78, 5) is 46.5. The summed E-state index contributed by atoms with van der Waals surface area (Å²) in [6, 6.07) is 6.33. The standard InChI is InChI=1S/C30H43N3O5S/c1-18(19-8-10-20(11-9-19)26-22(16-34)31-17-39-26)12-24(36)23-13-21(35)15-33(23)28(38)27(30(5,6)7)32-25(37)14-29(2,3)4/h8-11,17-18,21,23,27,34-35H,12-16H2,1-7H3,(H,32,37). The molecule has 1 aliphatic rings. The predicted molar refractivity (Wildman–Crippen MR) is 153 cm³/mol. The highest BCUT2D eigenvalue weighted by molar-refractivity contribution is 7.13. The number of hydrogen-bond donors (Lipinski definition) is 3. The number of amides is 2. The van der Waals surface area contributed by atoms with Crippen LogP contribution in [0.15, 0.2) is 29.8 Å². The van der Waals surface area contributed by atoms with Crippen molar-refractivity contribution < 1.29 is 24.6 Å². The molecule has 2 amide bonds. The molecule has 8 nitrogen and oxygen atoms in total. The third-order valence-corrected chi connectivity index (χ3v) is 8.00. The first-order valence-electron chi connectivity index (χ1n) is 13.5. The minimum absolute atomic E-state index is 0.0715. The predicted octanol–water partition coefficient (Wildman–Crippen LogP) is 4.29. The van der Waals surface area contributed by atoms with Gasteiger partial charge in [0.2, 0.25) is 11.8 Å². The van der Waals surface area contributed by atoms with E-state index in [0.29, 0.717) is 5.69 Å². The van der Waals surface area contributed by atoms with Crippen molar-refractivity contribution in [2.24, 2.45) is 10.8 Å². The molecule has 0 bridgehead atoms. The fraction of sp³-hybridized carbons (Fsp3) is 0.600. The number of ketones is 1. The maximum Gasteiger partial charge on any atom is 0.246 e. The molecule has 1 aromatic heterocycles. The second-order valence-corrected chi connectivity index (χ2v) is 13.8. The highest BCUT2D eigenvalue weighted by Crippen LogP contribution is 2.32. The average Bonchev–Trinajstić information content (AvgIpc) is 3.47. The summed E-state index contributed by atoms with van der Waals surface area (Å²) in [5.74, 6) is -0.735. The summed E-state index contributed by atoms with van der Waals surface area (Å²) < 4.78 is 0. The molecule has 3 rings (SSSR count). The van der Waals surface area contributed by atoms with Crippen LogP contribution in [-0.2, 0) is 21.0 Å². The summed E-state index contributed by atoms with van der Waals surface area (Å²) in [5, 5.41) is 22.9. The van der Waals surface area contributed by atoms with Crippen molar-refractivity contribution in [3.63, 3.8) is 0 Å². The monoisotopic (exact) mass is 557 g/mol. The lowest BCUT2D eigenvalue weighted by molar-refractivity contribution is -0.143. The Morgan fingerprint density at radius 3 is 2.33 bits per heavy atom. The van der Waals surface area contributed by atoms with E-state index in [1.165, 1.54) is 16.2 Å². The van der Waals surface area contributed by atoms with Gasteiger partial charge in [0.25, 0.3) is 0 Å². The second-order valence-electron chi connectivity index (χ2n) is 13.0. The van der Waals surface area contributed by atoms with Crippen molar-refractivity contribution in [1.29, 1.82) is 0 Å². The van der Waals surface area contributed by atoms with Gasteiger partial charge < -0.3 is 20.4 Å². The third kappa shape index (κ3) is 7.96. The van der Waals surface area contributed by atoms with Gasteiger partial charge in [-0.25, -0.2) is 4.98 Å². The first-order valence-corrected chi connectivity index (χ1v) is 14.4. The van der Waals surface area contributed by atoms with Crippen molar-refractivity contribution in [2.75, 3.05) is 6.54 Å².